The summed E-state index contributed by atoms with van der Waals surface area (Å²) in [6, 6.07) is 14.5. The maximum Gasteiger partial charge on any atom is 0.173 e. The van der Waals surface area contributed by atoms with Gasteiger partial charge in [0.05, 0.1) is 20.5 Å². The monoisotopic (exact) mass is 466 g/mol. The molecule has 0 aliphatic rings. The van der Waals surface area contributed by atoms with Gasteiger partial charge in [0.25, 0.3) is 0 Å². The Labute approximate surface area is 202 Å². The molecule has 2 aromatic carbocycles. The van der Waals surface area contributed by atoms with Crippen LogP contribution in [0.4, 0.5) is 5.69 Å². The minimum absolute atomic E-state index is 0.636. The summed E-state index contributed by atoms with van der Waals surface area (Å²) in [7, 11) is 3.34. The molecule has 0 aliphatic carbocycles. The molecule has 0 aliphatic heterocycles. The second-order valence-corrected chi connectivity index (χ2v) is 8.37. The molecule has 0 spiro atoms. The van der Waals surface area contributed by atoms with E-state index in [9.17, 15) is 0 Å². The maximum atomic E-state index is 5.83. The molecule has 6 nitrogen and oxygen atoms in total. The normalized spacial score (nSPS) is 10.6. The molecule has 0 atom stereocenters. The lowest BCUT2D eigenvalue weighted by atomic mass is 10.1. The zero-order valence-electron chi connectivity index (χ0n) is 19.8. The smallest absolute Gasteiger partial charge is 0.173 e. The summed E-state index contributed by atoms with van der Waals surface area (Å²) in [6.07, 6.45) is 10.1. The number of thiocarbonyl (C=S) groups is 1. The van der Waals surface area contributed by atoms with E-state index in [4.69, 9.17) is 21.7 Å². The summed E-state index contributed by atoms with van der Waals surface area (Å²) in [5.41, 5.74) is 3.41. The fraction of sp³-hybridized carbons (Fsp3) is 0.385. The van der Waals surface area contributed by atoms with E-state index >= 15 is 0 Å². The number of ether oxygens (including phenoxy) is 2. The number of nitrogens with one attached hydrogen (secondary N) is 1. The molecule has 0 fully saturated rings. The van der Waals surface area contributed by atoms with Crippen molar-refractivity contribution in [2.45, 2.75) is 45.7 Å². The zero-order chi connectivity index (χ0) is 23.5. The number of unbranched alkanes of at least 4 members (excludes halogenated alkanes) is 1. The number of imidazole rings is 1. The first-order chi connectivity index (χ1) is 16.1. The largest absolute Gasteiger partial charge is 0.497 e. The first kappa shape index (κ1) is 24.6. The van der Waals surface area contributed by atoms with Crippen molar-refractivity contribution >= 4 is 23.0 Å². The fourth-order valence-corrected chi connectivity index (χ4v) is 3.92. The van der Waals surface area contributed by atoms with E-state index in [2.05, 4.69) is 51.0 Å². The summed E-state index contributed by atoms with van der Waals surface area (Å²) >= 11 is 5.83. The van der Waals surface area contributed by atoms with Gasteiger partial charge in [-0.2, -0.15) is 0 Å². The number of nitrogens with zero attached hydrogens (tertiary/aromatic N) is 3. The molecule has 0 bridgehead atoms. The summed E-state index contributed by atoms with van der Waals surface area (Å²) in [5, 5.41) is 4.12. The predicted molar refractivity (Wildman–Crippen MR) is 138 cm³/mol. The summed E-state index contributed by atoms with van der Waals surface area (Å²) in [5.74, 6) is 1.56. The zero-order valence-corrected chi connectivity index (χ0v) is 20.6. The van der Waals surface area contributed by atoms with Gasteiger partial charge in [-0.05, 0) is 61.3 Å². The molecule has 0 saturated heterocycles. The van der Waals surface area contributed by atoms with Gasteiger partial charge in [0.2, 0.25) is 0 Å². The molecule has 3 aromatic rings. The SMILES string of the molecule is CCCCc1ccc(NC(=S)N(CCCn2ccnc2)Cc2ccc(OC)cc2OC)cc1. The van der Waals surface area contributed by atoms with Gasteiger partial charge >= 0.3 is 0 Å². The van der Waals surface area contributed by atoms with Crippen LogP contribution in [0.15, 0.2) is 61.2 Å². The molecular formula is C26H34N4O2S. The Morgan fingerprint density at radius 3 is 2.58 bits per heavy atom. The first-order valence-electron chi connectivity index (χ1n) is 11.4. The Hall–Kier alpha value is -3.06. The third-order valence-corrected chi connectivity index (χ3v) is 5.93. The fourth-order valence-electron chi connectivity index (χ4n) is 3.64. The van der Waals surface area contributed by atoms with E-state index in [1.807, 2.05) is 30.7 Å². The standard InChI is InChI=1S/C26H34N4O2S/c1-4-5-7-21-8-11-23(12-9-21)28-26(33)30(16-6-15-29-17-14-27-20-29)19-22-10-13-24(31-2)18-25(22)32-3/h8-14,17-18,20H,4-7,15-16,19H2,1-3H3,(H,28,33). The maximum absolute atomic E-state index is 5.83. The van der Waals surface area contributed by atoms with Crippen LogP contribution in [-0.4, -0.2) is 40.3 Å². The second kappa shape index (κ2) is 12.8. The van der Waals surface area contributed by atoms with E-state index in [0.29, 0.717) is 11.7 Å². The van der Waals surface area contributed by atoms with E-state index in [-0.39, 0.29) is 0 Å². The van der Waals surface area contributed by atoms with Crippen LogP contribution in [0.3, 0.4) is 0 Å². The Morgan fingerprint density at radius 1 is 1.09 bits per heavy atom. The Morgan fingerprint density at radius 2 is 1.91 bits per heavy atom. The molecule has 0 radical (unpaired) electrons. The van der Waals surface area contributed by atoms with Crippen LogP contribution >= 0.6 is 12.2 Å². The van der Waals surface area contributed by atoms with Crippen molar-refractivity contribution in [2.75, 3.05) is 26.1 Å². The van der Waals surface area contributed by atoms with Crippen molar-refractivity contribution in [3.63, 3.8) is 0 Å². The Balaban J connectivity index is 1.70. The molecule has 1 heterocycles. The van der Waals surface area contributed by atoms with Crippen LogP contribution in [0.1, 0.15) is 37.3 Å². The molecule has 3 rings (SSSR count). The van der Waals surface area contributed by atoms with Crippen molar-refractivity contribution in [1.82, 2.24) is 14.5 Å². The lowest BCUT2D eigenvalue weighted by molar-refractivity contribution is 0.366. The van der Waals surface area contributed by atoms with Crippen LogP contribution in [0.25, 0.3) is 0 Å². The molecule has 0 unspecified atom stereocenters. The highest BCUT2D eigenvalue weighted by Gasteiger charge is 2.14. The third-order valence-electron chi connectivity index (χ3n) is 5.57. The van der Waals surface area contributed by atoms with Crippen LogP contribution in [0, 0.1) is 0 Å². The number of benzene rings is 2. The van der Waals surface area contributed by atoms with E-state index in [0.717, 1.165) is 48.7 Å². The summed E-state index contributed by atoms with van der Waals surface area (Å²) in [6.45, 7) is 4.53. The van der Waals surface area contributed by atoms with E-state index in [1.165, 1.54) is 18.4 Å². The molecule has 0 amide bonds. The average molecular weight is 467 g/mol. The van der Waals surface area contributed by atoms with Gasteiger partial charge in [-0.3, -0.25) is 0 Å². The minimum atomic E-state index is 0.636. The summed E-state index contributed by atoms with van der Waals surface area (Å²) < 4.78 is 13.0. The number of aromatic nitrogens is 2. The highest BCUT2D eigenvalue weighted by atomic mass is 32.1. The highest BCUT2D eigenvalue weighted by molar-refractivity contribution is 7.80. The molecule has 1 N–H and O–H groups in total. The highest BCUT2D eigenvalue weighted by Crippen LogP contribution is 2.26. The van der Waals surface area contributed by atoms with E-state index in [1.54, 1.807) is 20.4 Å². The number of aryl methyl sites for hydroxylation is 2. The number of rotatable bonds is 12. The van der Waals surface area contributed by atoms with Crippen molar-refractivity contribution < 1.29 is 9.47 Å². The molecule has 176 valence electrons. The molecule has 1 aromatic heterocycles. The Kier molecular flexibility index (Phi) is 9.57. The van der Waals surface area contributed by atoms with Gasteiger partial charge in [0, 0.05) is 49.3 Å². The van der Waals surface area contributed by atoms with Gasteiger partial charge < -0.3 is 24.3 Å². The number of anilines is 1. The molecule has 0 saturated carbocycles. The average Bonchev–Trinajstić information content (AvgIpc) is 3.36. The first-order valence-corrected chi connectivity index (χ1v) is 11.8. The van der Waals surface area contributed by atoms with Crippen molar-refractivity contribution in [3.05, 3.63) is 72.3 Å². The van der Waals surface area contributed by atoms with Crippen molar-refractivity contribution in [1.29, 1.82) is 0 Å². The van der Waals surface area contributed by atoms with Crippen molar-refractivity contribution in [3.8, 4) is 11.5 Å². The third kappa shape index (κ3) is 7.49. The van der Waals surface area contributed by atoms with Crippen LogP contribution in [-0.2, 0) is 19.5 Å². The number of methoxy groups -OCH3 is 2. The number of hydrogen-bond acceptors (Lipinski definition) is 4. The minimum Gasteiger partial charge on any atom is -0.497 e. The summed E-state index contributed by atoms with van der Waals surface area (Å²) in [4.78, 5) is 6.31. The van der Waals surface area contributed by atoms with Crippen LogP contribution < -0.4 is 14.8 Å². The van der Waals surface area contributed by atoms with Gasteiger partial charge in [0.15, 0.2) is 5.11 Å². The topological polar surface area (TPSA) is 51.6 Å². The molecule has 7 heteroatoms. The van der Waals surface area contributed by atoms with Crippen molar-refractivity contribution in [2.24, 2.45) is 0 Å². The van der Waals surface area contributed by atoms with Crippen LogP contribution in [0.2, 0.25) is 0 Å². The number of hydrogen-bond donors (Lipinski definition) is 1. The lowest BCUT2D eigenvalue weighted by Gasteiger charge is -2.27. The lowest BCUT2D eigenvalue weighted by Crippen LogP contribution is -2.35. The molecule has 33 heavy (non-hydrogen) atoms. The molecular weight excluding hydrogens is 432 g/mol. The van der Waals surface area contributed by atoms with Crippen LogP contribution in [0.5, 0.6) is 11.5 Å². The predicted octanol–water partition coefficient (Wildman–Crippen LogP) is 5.53. The quantitative estimate of drug-likeness (QED) is 0.354. The van der Waals surface area contributed by atoms with Gasteiger partial charge in [0.1, 0.15) is 11.5 Å². The van der Waals surface area contributed by atoms with Gasteiger partial charge in [-0.15, -0.1) is 0 Å². The second-order valence-electron chi connectivity index (χ2n) is 7.98. The van der Waals surface area contributed by atoms with Gasteiger partial charge in [-0.25, -0.2) is 4.98 Å². The Bertz CT molecular complexity index is 990. The van der Waals surface area contributed by atoms with Gasteiger partial charge in [-0.1, -0.05) is 25.5 Å². The van der Waals surface area contributed by atoms with E-state index < -0.39 is 0 Å².